The van der Waals surface area contributed by atoms with Crippen LogP contribution in [0.2, 0.25) is 10.0 Å². The Labute approximate surface area is 211 Å². The molecule has 0 aliphatic heterocycles. The molecule has 1 N–H and O–H groups in total. The summed E-state index contributed by atoms with van der Waals surface area (Å²) in [6.45, 7) is 1.71. The molecule has 1 amide bonds. The molecule has 0 aliphatic carbocycles. The number of hydrogen-bond donors (Lipinski definition) is 1. The second-order valence-corrected chi connectivity index (χ2v) is 10.6. The first kappa shape index (κ1) is 25.5. The van der Waals surface area contributed by atoms with Crippen molar-refractivity contribution in [1.29, 1.82) is 0 Å². The number of hydrogen-bond acceptors (Lipinski definition) is 4. The molecule has 10 heteroatoms. The quantitative estimate of drug-likeness (QED) is 0.342. The minimum atomic E-state index is -4.02. The van der Waals surface area contributed by atoms with E-state index in [1.165, 1.54) is 18.2 Å². The molecule has 3 aromatic carbocycles. The van der Waals surface area contributed by atoms with Gasteiger partial charge in [0.05, 0.1) is 23.7 Å². The molecule has 0 bridgehead atoms. The highest BCUT2D eigenvalue weighted by atomic mass is 79.9. The van der Waals surface area contributed by atoms with E-state index in [0.717, 1.165) is 8.78 Å². The van der Waals surface area contributed by atoms with Crippen LogP contribution >= 0.6 is 39.1 Å². The van der Waals surface area contributed by atoms with E-state index in [4.69, 9.17) is 27.9 Å². The summed E-state index contributed by atoms with van der Waals surface area (Å²) < 4.78 is 34.2. The Hall–Kier alpha value is -2.10. The number of rotatable bonds is 9. The summed E-state index contributed by atoms with van der Waals surface area (Å²) in [4.78, 5) is 13.0. The lowest BCUT2D eigenvalue weighted by Crippen LogP contribution is -2.37. The van der Waals surface area contributed by atoms with Crippen LogP contribution in [0.5, 0.6) is 5.75 Å². The van der Waals surface area contributed by atoms with Crippen molar-refractivity contribution >= 4 is 60.7 Å². The monoisotopic (exact) mass is 570 g/mol. The molecule has 0 atom stereocenters. The summed E-state index contributed by atoms with van der Waals surface area (Å²) >= 11 is 15.6. The van der Waals surface area contributed by atoms with Gasteiger partial charge in [-0.3, -0.25) is 4.79 Å². The zero-order valence-electron chi connectivity index (χ0n) is 17.6. The number of benzene rings is 3. The summed E-state index contributed by atoms with van der Waals surface area (Å²) in [5, 5.41) is 3.47. The van der Waals surface area contributed by atoms with Gasteiger partial charge in [-0.25, -0.2) is 8.42 Å². The maximum absolute atomic E-state index is 13.4. The number of halogens is 3. The highest BCUT2D eigenvalue weighted by Crippen LogP contribution is 2.27. The van der Waals surface area contributed by atoms with Crippen LogP contribution in [-0.2, 0) is 21.4 Å². The topological polar surface area (TPSA) is 75.7 Å². The van der Waals surface area contributed by atoms with E-state index in [2.05, 4.69) is 21.2 Å². The van der Waals surface area contributed by atoms with E-state index in [1.54, 1.807) is 48.5 Å². The van der Waals surface area contributed by atoms with E-state index in [-0.39, 0.29) is 11.4 Å². The van der Waals surface area contributed by atoms with Gasteiger partial charge < -0.3 is 10.1 Å². The largest absolute Gasteiger partial charge is 0.492 e. The minimum absolute atomic E-state index is 0.0540. The Morgan fingerprint density at radius 1 is 1.06 bits per heavy atom. The number of carbonyl (C=O) groups is 1. The zero-order valence-corrected chi connectivity index (χ0v) is 21.5. The van der Waals surface area contributed by atoms with Gasteiger partial charge in [-0.15, -0.1) is 0 Å². The Balaban J connectivity index is 1.91. The van der Waals surface area contributed by atoms with Gasteiger partial charge in [-0.05, 0) is 61.0 Å². The first-order valence-electron chi connectivity index (χ1n) is 9.92. The molecule has 0 fully saturated rings. The van der Waals surface area contributed by atoms with Crippen molar-refractivity contribution in [3.8, 4) is 5.75 Å². The van der Waals surface area contributed by atoms with Gasteiger partial charge in [-0.2, -0.15) is 4.31 Å². The lowest BCUT2D eigenvalue weighted by molar-refractivity contribution is -0.116. The second-order valence-electron chi connectivity index (χ2n) is 6.94. The van der Waals surface area contributed by atoms with Gasteiger partial charge in [0.25, 0.3) is 0 Å². The molecule has 0 saturated carbocycles. The van der Waals surface area contributed by atoms with Crippen LogP contribution in [0, 0.1) is 0 Å². The molecule has 0 aliphatic rings. The highest BCUT2D eigenvalue weighted by molar-refractivity contribution is 9.10. The summed E-state index contributed by atoms with van der Waals surface area (Å²) in [5.74, 6) is -0.0238. The average Bonchev–Trinajstić information content (AvgIpc) is 2.77. The summed E-state index contributed by atoms with van der Waals surface area (Å²) in [5.41, 5.74) is 0.971. The first-order valence-corrected chi connectivity index (χ1v) is 12.9. The zero-order chi connectivity index (χ0) is 24.0. The molecule has 33 heavy (non-hydrogen) atoms. The fourth-order valence-electron chi connectivity index (χ4n) is 3.02. The SMILES string of the molecule is CCOc1ccccc1NC(=O)CN(Cc1ccc(Cl)cc1Cl)S(=O)(=O)c1ccc(Br)cc1. The number of ether oxygens (including phenoxy) is 1. The van der Waals surface area contributed by atoms with E-state index >= 15 is 0 Å². The van der Waals surface area contributed by atoms with Crippen molar-refractivity contribution in [2.75, 3.05) is 18.5 Å². The van der Waals surface area contributed by atoms with Crippen LogP contribution < -0.4 is 10.1 Å². The summed E-state index contributed by atoms with van der Waals surface area (Å²) in [6, 6.07) is 17.9. The molecule has 6 nitrogen and oxygen atoms in total. The normalized spacial score (nSPS) is 11.4. The van der Waals surface area contributed by atoms with Crippen LogP contribution in [0.4, 0.5) is 5.69 Å². The maximum atomic E-state index is 13.4. The highest BCUT2D eigenvalue weighted by Gasteiger charge is 2.28. The lowest BCUT2D eigenvalue weighted by Gasteiger charge is -2.23. The molecule has 3 aromatic rings. The second kappa shape index (κ2) is 11.4. The number of nitrogens with one attached hydrogen (secondary N) is 1. The van der Waals surface area contributed by atoms with Crippen molar-refractivity contribution in [1.82, 2.24) is 4.31 Å². The summed E-state index contributed by atoms with van der Waals surface area (Å²) in [6.07, 6.45) is 0. The molecular formula is C23H21BrCl2N2O4S. The number of anilines is 1. The lowest BCUT2D eigenvalue weighted by atomic mass is 10.2. The van der Waals surface area contributed by atoms with E-state index < -0.39 is 22.5 Å². The maximum Gasteiger partial charge on any atom is 0.243 e. The van der Waals surface area contributed by atoms with Crippen molar-refractivity contribution in [2.24, 2.45) is 0 Å². The Kier molecular flexibility index (Phi) is 8.78. The Bertz CT molecular complexity index is 1240. The number of amides is 1. The molecule has 0 unspecified atom stereocenters. The molecule has 0 radical (unpaired) electrons. The van der Waals surface area contributed by atoms with Gasteiger partial charge in [0.15, 0.2) is 0 Å². The van der Waals surface area contributed by atoms with E-state index in [1.807, 2.05) is 6.92 Å². The van der Waals surface area contributed by atoms with Crippen molar-refractivity contribution in [3.63, 3.8) is 0 Å². The standard InChI is InChI=1S/C23H21BrCl2N2O4S/c1-2-32-22-6-4-3-5-21(22)27-23(29)15-28(14-16-7-10-18(25)13-20(16)26)33(30,31)19-11-8-17(24)9-12-19/h3-13H,2,14-15H2,1H3,(H,27,29). The molecule has 3 rings (SSSR count). The number of sulfonamides is 1. The Morgan fingerprint density at radius 2 is 1.76 bits per heavy atom. The van der Waals surface area contributed by atoms with Gasteiger partial charge in [0.2, 0.25) is 15.9 Å². The predicted molar refractivity (Wildman–Crippen MR) is 134 cm³/mol. The van der Waals surface area contributed by atoms with Gasteiger partial charge in [0, 0.05) is 21.1 Å². The number of carbonyl (C=O) groups excluding carboxylic acids is 1. The molecule has 0 spiro atoms. The molecular weight excluding hydrogens is 551 g/mol. The number of para-hydroxylation sites is 2. The minimum Gasteiger partial charge on any atom is -0.492 e. The third-order valence-corrected chi connectivity index (χ3v) is 7.52. The van der Waals surface area contributed by atoms with Crippen molar-refractivity contribution in [2.45, 2.75) is 18.4 Å². The molecule has 174 valence electrons. The van der Waals surface area contributed by atoms with Crippen LogP contribution in [0.1, 0.15) is 12.5 Å². The molecule has 0 saturated heterocycles. The van der Waals surface area contributed by atoms with Crippen molar-refractivity contribution in [3.05, 3.63) is 86.8 Å². The number of nitrogens with zero attached hydrogens (tertiary/aromatic N) is 1. The fourth-order valence-corrected chi connectivity index (χ4v) is 5.13. The van der Waals surface area contributed by atoms with Crippen LogP contribution in [0.15, 0.2) is 76.1 Å². The molecule has 0 heterocycles. The van der Waals surface area contributed by atoms with Gasteiger partial charge in [0.1, 0.15) is 5.75 Å². The third-order valence-electron chi connectivity index (χ3n) is 4.59. The average molecular weight is 572 g/mol. The van der Waals surface area contributed by atoms with Crippen molar-refractivity contribution < 1.29 is 17.9 Å². The van der Waals surface area contributed by atoms with Crippen LogP contribution in [0.3, 0.4) is 0 Å². The Morgan fingerprint density at radius 3 is 2.42 bits per heavy atom. The predicted octanol–water partition coefficient (Wildman–Crippen LogP) is 5.98. The first-order chi connectivity index (χ1) is 15.7. The van der Waals surface area contributed by atoms with Crippen LogP contribution in [0.25, 0.3) is 0 Å². The van der Waals surface area contributed by atoms with Gasteiger partial charge >= 0.3 is 0 Å². The van der Waals surface area contributed by atoms with E-state index in [9.17, 15) is 13.2 Å². The third kappa shape index (κ3) is 6.71. The summed E-state index contributed by atoms with van der Waals surface area (Å²) in [7, 11) is -4.02. The smallest absolute Gasteiger partial charge is 0.243 e. The van der Waals surface area contributed by atoms with E-state index in [0.29, 0.717) is 33.7 Å². The fraction of sp³-hybridized carbons (Fsp3) is 0.174. The molecule has 0 aromatic heterocycles. The van der Waals surface area contributed by atoms with Gasteiger partial charge in [-0.1, -0.05) is 57.3 Å². The van der Waals surface area contributed by atoms with Crippen LogP contribution in [-0.4, -0.2) is 31.8 Å².